The van der Waals surface area contributed by atoms with Crippen LogP contribution in [-0.4, -0.2) is 10.2 Å². The Balaban J connectivity index is 0.000000531. The molecule has 0 unspecified atom stereocenters. The summed E-state index contributed by atoms with van der Waals surface area (Å²) in [4.78, 5) is 0. The molecular weight excluding hydrogens is 190 g/mol. The zero-order valence-electron chi connectivity index (χ0n) is 9.23. The van der Waals surface area contributed by atoms with E-state index in [-0.39, 0.29) is 11.5 Å². The molecule has 3 nitrogen and oxygen atoms in total. The van der Waals surface area contributed by atoms with Gasteiger partial charge in [-0.1, -0.05) is 26.0 Å². The minimum absolute atomic E-state index is 0.0614. The molecule has 0 saturated carbocycles. The van der Waals surface area contributed by atoms with Crippen LogP contribution in [0.4, 0.5) is 0 Å². The van der Waals surface area contributed by atoms with Crippen molar-refractivity contribution in [3.8, 4) is 11.5 Å². The van der Waals surface area contributed by atoms with Gasteiger partial charge < -0.3 is 10.2 Å². The molecule has 0 spiro atoms. The van der Waals surface area contributed by atoms with Gasteiger partial charge in [-0.05, 0) is 6.07 Å². The van der Waals surface area contributed by atoms with Crippen molar-refractivity contribution in [3.05, 3.63) is 30.5 Å². The first kappa shape index (κ1) is 11.3. The van der Waals surface area contributed by atoms with Gasteiger partial charge in [-0.2, -0.15) is 4.57 Å². The van der Waals surface area contributed by atoms with Gasteiger partial charge in [0.1, 0.15) is 7.05 Å². The largest absolute Gasteiger partial charge is 0.504 e. The minimum Gasteiger partial charge on any atom is -0.504 e. The Morgan fingerprint density at radius 1 is 1.07 bits per heavy atom. The molecule has 2 rings (SSSR count). The molecule has 15 heavy (non-hydrogen) atoms. The third kappa shape index (κ3) is 2.01. The molecule has 0 atom stereocenters. The highest BCUT2D eigenvalue weighted by Gasteiger charge is 2.13. The van der Waals surface area contributed by atoms with Gasteiger partial charge in [-0.25, -0.2) is 0 Å². The van der Waals surface area contributed by atoms with Crippen LogP contribution < -0.4 is 4.57 Å². The van der Waals surface area contributed by atoms with Gasteiger partial charge in [0.25, 0.3) is 0 Å². The quantitative estimate of drug-likeness (QED) is 0.648. The standard InChI is InChI=1S/C10H9NO2.C2H6/c1-11-6-9(12)10(13)7-4-2-3-5-8(7)11;1-2/h2-6,12H,1H3;1-2H3/p+1. The van der Waals surface area contributed by atoms with Crippen LogP contribution in [-0.2, 0) is 7.05 Å². The van der Waals surface area contributed by atoms with Crippen molar-refractivity contribution in [2.75, 3.05) is 0 Å². The number of hydrogen-bond acceptors (Lipinski definition) is 2. The molecule has 0 bridgehead atoms. The van der Waals surface area contributed by atoms with E-state index in [0.717, 1.165) is 5.52 Å². The van der Waals surface area contributed by atoms with E-state index in [1.54, 1.807) is 10.6 Å². The van der Waals surface area contributed by atoms with Gasteiger partial charge in [0, 0.05) is 6.07 Å². The normalized spacial score (nSPS) is 9.53. The zero-order valence-corrected chi connectivity index (χ0v) is 9.23. The van der Waals surface area contributed by atoms with E-state index in [1.165, 1.54) is 6.20 Å². The maximum atomic E-state index is 9.52. The Hall–Kier alpha value is -1.77. The lowest BCUT2D eigenvalue weighted by molar-refractivity contribution is -0.645. The van der Waals surface area contributed by atoms with Crippen molar-refractivity contribution in [3.63, 3.8) is 0 Å². The number of rotatable bonds is 0. The third-order valence-corrected chi connectivity index (χ3v) is 2.10. The van der Waals surface area contributed by atoms with Crippen LogP contribution in [0.2, 0.25) is 0 Å². The second kappa shape index (κ2) is 4.64. The second-order valence-electron chi connectivity index (χ2n) is 2.99. The number of nitrogens with zero attached hydrogens (tertiary/aromatic N) is 1. The maximum Gasteiger partial charge on any atom is 0.223 e. The summed E-state index contributed by atoms with van der Waals surface area (Å²) in [5.41, 5.74) is 0.887. The van der Waals surface area contributed by atoms with Crippen molar-refractivity contribution >= 4 is 10.9 Å². The molecule has 1 aromatic heterocycles. The molecule has 3 heteroatoms. The molecule has 80 valence electrons. The molecule has 1 heterocycles. The van der Waals surface area contributed by atoms with Gasteiger partial charge in [0.05, 0.1) is 5.39 Å². The Morgan fingerprint density at radius 3 is 2.33 bits per heavy atom. The van der Waals surface area contributed by atoms with E-state index in [9.17, 15) is 10.2 Å². The average molecular weight is 206 g/mol. The lowest BCUT2D eigenvalue weighted by Gasteiger charge is -2.00. The molecule has 1 aromatic carbocycles. The number of aromatic hydroxyl groups is 2. The molecule has 0 radical (unpaired) electrons. The summed E-state index contributed by atoms with van der Waals surface area (Å²) >= 11 is 0. The Labute approximate surface area is 89.2 Å². The molecule has 0 aliphatic carbocycles. The fourth-order valence-electron chi connectivity index (χ4n) is 1.43. The van der Waals surface area contributed by atoms with Crippen LogP contribution in [0.1, 0.15) is 13.8 Å². The first-order chi connectivity index (χ1) is 7.20. The van der Waals surface area contributed by atoms with Crippen molar-refractivity contribution in [2.45, 2.75) is 13.8 Å². The molecule has 0 aliphatic rings. The van der Waals surface area contributed by atoms with Crippen LogP contribution in [0.15, 0.2) is 30.5 Å². The van der Waals surface area contributed by atoms with E-state index < -0.39 is 0 Å². The summed E-state index contributed by atoms with van der Waals surface area (Å²) < 4.78 is 1.77. The van der Waals surface area contributed by atoms with Crippen molar-refractivity contribution < 1.29 is 14.8 Å². The Bertz CT molecular complexity index is 466. The van der Waals surface area contributed by atoms with Gasteiger partial charge in [0.2, 0.25) is 17.5 Å². The van der Waals surface area contributed by atoms with Crippen molar-refractivity contribution in [1.29, 1.82) is 0 Å². The fraction of sp³-hybridized carbons (Fsp3) is 0.250. The molecule has 0 amide bonds. The molecule has 2 aromatic rings. The average Bonchev–Trinajstić information content (AvgIpc) is 2.29. The highest BCUT2D eigenvalue weighted by molar-refractivity contribution is 5.84. The number of hydrogen-bond donors (Lipinski definition) is 2. The van der Waals surface area contributed by atoms with Crippen LogP contribution in [0.3, 0.4) is 0 Å². The van der Waals surface area contributed by atoms with Crippen LogP contribution in [0, 0.1) is 0 Å². The van der Waals surface area contributed by atoms with E-state index in [1.807, 2.05) is 39.1 Å². The number of aryl methyl sites for hydroxylation is 1. The van der Waals surface area contributed by atoms with E-state index in [2.05, 4.69) is 0 Å². The van der Waals surface area contributed by atoms with Gasteiger partial charge in [0.15, 0.2) is 5.75 Å². The lowest BCUT2D eigenvalue weighted by atomic mass is 10.2. The number of benzene rings is 1. The lowest BCUT2D eigenvalue weighted by Crippen LogP contribution is -2.27. The van der Waals surface area contributed by atoms with Crippen molar-refractivity contribution in [2.24, 2.45) is 7.05 Å². The summed E-state index contributed by atoms with van der Waals surface area (Å²) in [7, 11) is 1.82. The SMILES string of the molecule is CC.C[n+]1cc(O)c(O)c2ccccc21. The summed E-state index contributed by atoms with van der Waals surface area (Å²) in [5.74, 6) is -0.157. The van der Waals surface area contributed by atoms with Gasteiger partial charge in [-0.15, -0.1) is 0 Å². The van der Waals surface area contributed by atoms with E-state index >= 15 is 0 Å². The van der Waals surface area contributed by atoms with Gasteiger partial charge in [-0.3, -0.25) is 0 Å². The minimum atomic E-state index is -0.0961. The summed E-state index contributed by atoms with van der Waals surface area (Å²) in [6.07, 6.45) is 1.48. The van der Waals surface area contributed by atoms with Crippen LogP contribution in [0.25, 0.3) is 10.9 Å². The number of pyridine rings is 1. The first-order valence-electron chi connectivity index (χ1n) is 4.99. The zero-order chi connectivity index (χ0) is 11.4. The molecular formula is C12H16NO2+. The third-order valence-electron chi connectivity index (χ3n) is 2.10. The Morgan fingerprint density at radius 2 is 1.67 bits per heavy atom. The summed E-state index contributed by atoms with van der Waals surface area (Å²) in [6, 6.07) is 7.36. The topological polar surface area (TPSA) is 44.3 Å². The molecule has 2 N–H and O–H groups in total. The van der Waals surface area contributed by atoms with Gasteiger partial charge >= 0.3 is 0 Å². The summed E-state index contributed by atoms with van der Waals surface area (Å²) in [6.45, 7) is 4.00. The maximum absolute atomic E-state index is 9.52. The fourth-order valence-corrected chi connectivity index (χ4v) is 1.43. The van der Waals surface area contributed by atoms with E-state index in [4.69, 9.17) is 0 Å². The number of fused-ring (bicyclic) bond motifs is 1. The van der Waals surface area contributed by atoms with Crippen molar-refractivity contribution in [1.82, 2.24) is 0 Å². The monoisotopic (exact) mass is 206 g/mol. The summed E-state index contributed by atoms with van der Waals surface area (Å²) in [5, 5.41) is 19.5. The predicted molar refractivity (Wildman–Crippen MR) is 59.8 cm³/mol. The highest BCUT2D eigenvalue weighted by atomic mass is 16.3. The second-order valence-corrected chi connectivity index (χ2v) is 2.99. The Kier molecular flexibility index (Phi) is 3.50. The highest BCUT2D eigenvalue weighted by Crippen LogP contribution is 2.29. The van der Waals surface area contributed by atoms with Crippen LogP contribution in [0.5, 0.6) is 11.5 Å². The predicted octanol–water partition coefficient (Wildman–Crippen LogP) is 2.10. The number of aromatic nitrogens is 1. The molecule has 0 saturated heterocycles. The first-order valence-corrected chi connectivity index (χ1v) is 4.99. The molecule has 0 aliphatic heterocycles. The van der Waals surface area contributed by atoms with Crippen LogP contribution >= 0.6 is 0 Å². The number of para-hydroxylation sites is 1. The molecule has 0 fully saturated rings. The smallest absolute Gasteiger partial charge is 0.223 e. The van der Waals surface area contributed by atoms with E-state index in [0.29, 0.717) is 5.39 Å².